The van der Waals surface area contributed by atoms with E-state index in [4.69, 9.17) is 0 Å². The number of hydrogen-bond donors (Lipinski definition) is 1. The van der Waals surface area contributed by atoms with Crippen molar-refractivity contribution in [2.45, 2.75) is 18.9 Å². The van der Waals surface area contributed by atoms with Crippen LogP contribution in [-0.2, 0) is 4.79 Å². The number of β-lactam (4-membered cyclic amide) rings is 1. The molecule has 1 aliphatic heterocycles. The smallest absolute Gasteiger partial charge is 0.229 e. The van der Waals surface area contributed by atoms with E-state index >= 15 is 0 Å². The lowest BCUT2D eigenvalue weighted by Gasteiger charge is -2.30. The van der Waals surface area contributed by atoms with Crippen molar-refractivity contribution in [3.63, 3.8) is 0 Å². The lowest BCUT2D eigenvalue weighted by molar-refractivity contribution is -0.131. The lowest BCUT2D eigenvalue weighted by atomic mass is 9.92. The van der Waals surface area contributed by atoms with Crippen LogP contribution in [-0.4, -0.2) is 11.9 Å². The average Bonchev–Trinajstić information content (AvgIpc) is 2.04. The fraction of sp³-hybridized carbons (Fsp3) is 0.571. The summed E-state index contributed by atoms with van der Waals surface area (Å²) in [6.07, 6.45) is 2.14. The fourth-order valence-corrected chi connectivity index (χ4v) is 1.65. The molecule has 2 rings (SSSR count). The summed E-state index contributed by atoms with van der Waals surface area (Å²) in [4.78, 5) is 10.8. The van der Waals surface area contributed by atoms with Gasteiger partial charge in [-0.3, -0.25) is 4.79 Å². The van der Waals surface area contributed by atoms with E-state index in [1.54, 1.807) is 0 Å². The maximum atomic E-state index is 10.8. The first-order valence-electron chi connectivity index (χ1n) is 3.27. The molecule has 0 spiro atoms. The number of rotatable bonds is 0. The Labute approximate surface area is 53.9 Å². The van der Waals surface area contributed by atoms with Crippen molar-refractivity contribution in [1.82, 2.24) is 5.32 Å². The number of amides is 1. The second-order valence-electron chi connectivity index (χ2n) is 2.79. The molecule has 2 heteroatoms. The highest BCUT2D eigenvalue weighted by Gasteiger charge is 2.44. The van der Waals surface area contributed by atoms with Gasteiger partial charge >= 0.3 is 0 Å². The summed E-state index contributed by atoms with van der Waals surface area (Å²) in [5.41, 5.74) is 1.13. The molecular formula is C7H9NO. The number of carbonyl (C=O) groups excluding carboxylic acids is 1. The van der Waals surface area contributed by atoms with Crippen molar-refractivity contribution >= 4 is 5.91 Å². The van der Waals surface area contributed by atoms with Gasteiger partial charge in [0.1, 0.15) is 0 Å². The number of carbonyl (C=O) groups is 1. The molecule has 0 radical (unpaired) electrons. The van der Waals surface area contributed by atoms with Gasteiger partial charge < -0.3 is 5.32 Å². The zero-order valence-electron chi connectivity index (χ0n) is 5.18. The molecule has 1 amide bonds. The van der Waals surface area contributed by atoms with Gasteiger partial charge in [0.15, 0.2) is 0 Å². The van der Waals surface area contributed by atoms with Crippen LogP contribution < -0.4 is 5.32 Å². The van der Waals surface area contributed by atoms with Crippen LogP contribution >= 0.6 is 0 Å². The van der Waals surface area contributed by atoms with Crippen LogP contribution in [0.4, 0.5) is 0 Å². The molecule has 0 bridgehead atoms. The Bertz CT molecular complexity index is 185. The topological polar surface area (TPSA) is 29.1 Å². The van der Waals surface area contributed by atoms with Gasteiger partial charge in [-0.1, -0.05) is 12.2 Å². The summed E-state index contributed by atoms with van der Waals surface area (Å²) in [6, 6.07) is 0.449. The summed E-state index contributed by atoms with van der Waals surface area (Å²) in [7, 11) is 0. The monoisotopic (exact) mass is 123 g/mol. The molecule has 48 valence electrons. The van der Waals surface area contributed by atoms with E-state index in [0.717, 1.165) is 18.4 Å². The average molecular weight is 123 g/mol. The third-order valence-corrected chi connectivity index (χ3v) is 2.23. The fourth-order valence-electron chi connectivity index (χ4n) is 1.65. The molecule has 0 aromatic rings. The second-order valence-corrected chi connectivity index (χ2v) is 2.79. The quantitative estimate of drug-likeness (QED) is 0.368. The van der Waals surface area contributed by atoms with Gasteiger partial charge in [0.25, 0.3) is 0 Å². The minimum atomic E-state index is 0.183. The molecule has 2 atom stereocenters. The Kier molecular flexibility index (Phi) is 0.770. The van der Waals surface area contributed by atoms with Crippen molar-refractivity contribution in [2.24, 2.45) is 5.92 Å². The van der Waals surface area contributed by atoms with E-state index in [2.05, 4.69) is 11.9 Å². The molecular weight excluding hydrogens is 114 g/mol. The van der Waals surface area contributed by atoms with Crippen molar-refractivity contribution in [2.75, 3.05) is 0 Å². The Morgan fingerprint density at radius 1 is 1.67 bits per heavy atom. The largest absolute Gasteiger partial charge is 0.352 e. The van der Waals surface area contributed by atoms with Crippen molar-refractivity contribution in [1.29, 1.82) is 0 Å². The van der Waals surface area contributed by atoms with Gasteiger partial charge in [-0.2, -0.15) is 0 Å². The van der Waals surface area contributed by atoms with Crippen LogP contribution in [0.2, 0.25) is 0 Å². The normalized spacial score (nSPS) is 39.6. The SMILES string of the molecule is C=C1CCC2NC(=O)C12. The van der Waals surface area contributed by atoms with Gasteiger partial charge in [0.2, 0.25) is 5.91 Å². The molecule has 1 saturated heterocycles. The molecule has 2 aliphatic rings. The molecule has 1 heterocycles. The number of hydrogen-bond acceptors (Lipinski definition) is 1. The van der Waals surface area contributed by atoms with E-state index in [-0.39, 0.29) is 11.8 Å². The Balaban J connectivity index is 2.23. The van der Waals surface area contributed by atoms with Crippen LogP contribution in [0.3, 0.4) is 0 Å². The van der Waals surface area contributed by atoms with Crippen LogP contribution in [0.15, 0.2) is 12.2 Å². The predicted molar refractivity (Wildman–Crippen MR) is 33.8 cm³/mol. The number of nitrogens with one attached hydrogen (secondary N) is 1. The van der Waals surface area contributed by atoms with Crippen molar-refractivity contribution < 1.29 is 4.79 Å². The molecule has 9 heavy (non-hydrogen) atoms. The minimum absolute atomic E-state index is 0.183. The highest BCUT2D eigenvalue weighted by atomic mass is 16.2. The van der Waals surface area contributed by atoms with Gasteiger partial charge in [-0.05, 0) is 12.8 Å². The van der Waals surface area contributed by atoms with Crippen molar-refractivity contribution in [3.05, 3.63) is 12.2 Å². The summed E-state index contributed by atoms with van der Waals surface area (Å²) in [5, 5.41) is 2.84. The maximum Gasteiger partial charge on any atom is 0.229 e. The highest BCUT2D eigenvalue weighted by molar-refractivity contribution is 5.89. The Morgan fingerprint density at radius 2 is 2.44 bits per heavy atom. The summed E-state index contributed by atoms with van der Waals surface area (Å²) in [6.45, 7) is 3.83. The summed E-state index contributed by atoms with van der Waals surface area (Å²) >= 11 is 0. The maximum absolute atomic E-state index is 10.8. The highest BCUT2D eigenvalue weighted by Crippen LogP contribution is 2.35. The van der Waals surface area contributed by atoms with Gasteiger partial charge in [0, 0.05) is 6.04 Å². The first-order valence-corrected chi connectivity index (χ1v) is 3.27. The van der Waals surface area contributed by atoms with Gasteiger partial charge in [0.05, 0.1) is 5.92 Å². The molecule has 1 N–H and O–H groups in total. The number of fused-ring (bicyclic) bond motifs is 1. The molecule has 1 saturated carbocycles. The first-order chi connectivity index (χ1) is 4.29. The van der Waals surface area contributed by atoms with Gasteiger partial charge in [-0.25, -0.2) is 0 Å². The standard InChI is InChI=1S/C7H9NO/c1-4-2-3-5-6(4)7(9)8-5/h5-6H,1-3H2,(H,8,9). The summed E-state index contributed by atoms with van der Waals surface area (Å²) in [5.74, 6) is 0.368. The minimum Gasteiger partial charge on any atom is -0.352 e. The van der Waals surface area contributed by atoms with E-state index in [9.17, 15) is 4.79 Å². The van der Waals surface area contributed by atoms with E-state index < -0.39 is 0 Å². The zero-order chi connectivity index (χ0) is 6.43. The van der Waals surface area contributed by atoms with Crippen LogP contribution in [0.5, 0.6) is 0 Å². The first kappa shape index (κ1) is 5.03. The van der Waals surface area contributed by atoms with Crippen LogP contribution in [0.1, 0.15) is 12.8 Å². The zero-order valence-corrected chi connectivity index (χ0v) is 5.18. The van der Waals surface area contributed by atoms with E-state index in [0.29, 0.717) is 6.04 Å². The third-order valence-electron chi connectivity index (χ3n) is 2.23. The Hall–Kier alpha value is -0.790. The van der Waals surface area contributed by atoms with Gasteiger partial charge in [-0.15, -0.1) is 0 Å². The lowest BCUT2D eigenvalue weighted by Crippen LogP contribution is -2.55. The third kappa shape index (κ3) is 0.479. The molecule has 1 aliphatic carbocycles. The molecule has 2 unspecified atom stereocenters. The van der Waals surface area contributed by atoms with Crippen molar-refractivity contribution in [3.8, 4) is 0 Å². The molecule has 0 aromatic carbocycles. The second kappa shape index (κ2) is 1.38. The molecule has 0 aromatic heterocycles. The van der Waals surface area contributed by atoms with Crippen LogP contribution in [0.25, 0.3) is 0 Å². The van der Waals surface area contributed by atoms with E-state index in [1.807, 2.05) is 0 Å². The molecule has 2 fully saturated rings. The Morgan fingerprint density at radius 3 is 2.89 bits per heavy atom. The van der Waals surface area contributed by atoms with Crippen LogP contribution in [0, 0.1) is 5.92 Å². The van der Waals surface area contributed by atoms with E-state index in [1.165, 1.54) is 0 Å². The molecule has 2 nitrogen and oxygen atoms in total. The predicted octanol–water partition coefficient (Wildman–Crippen LogP) is 0.451. The summed E-state index contributed by atoms with van der Waals surface area (Å²) < 4.78 is 0.